The third kappa shape index (κ3) is 1.33. The second kappa shape index (κ2) is 3.11. The molecule has 76 valence electrons. The Balaban J connectivity index is 2.99. The summed E-state index contributed by atoms with van der Waals surface area (Å²) in [5.74, 6) is 1.09. The van der Waals surface area contributed by atoms with Crippen molar-refractivity contribution < 1.29 is 4.79 Å². The lowest BCUT2D eigenvalue weighted by Crippen LogP contribution is -2.39. The van der Waals surface area contributed by atoms with Gasteiger partial charge in [-0.3, -0.25) is 4.79 Å². The monoisotopic (exact) mass is 182 g/mol. The zero-order chi connectivity index (χ0) is 10.3. The largest absolute Gasteiger partial charge is 0.299 e. The van der Waals surface area contributed by atoms with Crippen LogP contribution in [-0.2, 0) is 4.79 Å². The van der Waals surface area contributed by atoms with Gasteiger partial charge in [-0.25, -0.2) is 0 Å². The maximum Gasteiger partial charge on any atom is 0.136 e. The molecule has 0 aromatic rings. The number of carbonyl (C=O) groups is 1. The van der Waals surface area contributed by atoms with Gasteiger partial charge in [-0.1, -0.05) is 34.1 Å². The first-order chi connectivity index (χ1) is 5.86. The lowest BCUT2D eigenvalue weighted by atomic mass is 9.63. The summed E-state index contributed by atoms with van der Waals surface area (Å²) in [7, 11) is 0. The van der Waals surface area contributed by atoms with Gasteiger partial charge in [-0.15, -0.1) is 0 Å². The van der Waals surface area contributed by atoms with Gasteiger partial charge in [0, 0.05) is 5.41 Å². The van der Waals surface area contributed by atoms with E-state index in [0.717, 1.165) is 12.3 Å². The van der Waals surface area contributed by atoms with Crippen LogP contribution in [0.25, 0.3) is 0 Å². The van der Waals surface area contributed by atoms with Gasteiger partial charge < -0.3 is 0 Å². The molecule has 1 fully saturated rings. The summed E-state index contributed by atoms with van der Waals surface area (Å²) < 4.78 is 0. The van der Waals surface area contributed by atoms with Gasteiger partial charge in [0.25, 0.3) is 0 Å². The fraction of sp³-hybridized carbons (Fsp3) is 0.917. The minimum atomic E-state index is -0.0757. The minimum Gasteiger partial charge on any atom is -0.299 e. The molecule has 0 heterocycles. The highest BCUT2D eigenvalue weighted by atomic mass is 16.1. The van der Waals surface area contributed by atoms with Crippen molar-refractivity contribution in [2.24, 2.45) is 16.7 Å². The molecule has 1 nitrogen and oxygen atoms in total. The van der Waals surface area contributed by atoms with E-state index < -0.39 is 0 Å². The van der Waals surface area contributed by atoms with Crippen molar-refractivity contribution in [1.29, 1.82) is 0 Å². The normalized spacial score (nSPS) is 37.8. The lowest BCUT2D eigenvalue weighted by molar-refractivity contribution is -0.131. The van der Waals surface area contributed by atoms with Crippen LogP contribution in [-0.4, -0.2) is 5.78 Å². The van der Waals surface area contributed by atoms with Gasteiger partial charge in [0.2, 0.25) is 0 Å². The van der Waals surface area contributed by atoms with Gasteiger partial charge in [0.1, 0.15) is 5.78 Å². The van der Waals surface area contributed by atoms with E-state index in [1.165, 1.54) is 12.8 Å². The van der Waals surface area contributed by atoms with Crippen molar-refractivity contribution in [2.45, 2.75) is 53.9 Å². The second-order valence-corrected chi connectivity index (χ2v) is 5.25. The quantitative estimate of drug-likeness (QED) is 0.639. The Bertz CT molecular complexity index is 217. The first kappa shape index (κ1) is 10.7. The van der Waals surface area contributed by atoms with Crippen LogP contribution in [0.5, 0.6) is 0 Å². The Labute approximate surface area is 81.9 Å². The maximum absolute atomic E-state index is 11.6. The zero-order valence-corrected chi connectivity index (χ0v) is 9.61. The van der Waals surface area contributed by atoms with E-state index in [1.807, 2.05) is 0 Å². The van der Waals surface area contributed by atoms with Crippen LogP contribution in [0.15, 0.2) is 0 Å². The fourth-order valence-electron chi connectivity index (χ4n) is 2.94. The van der Waals surface area contributed by atoms with Gasteiger partial charge in [-0.2, -0.15) is 0 Å². The molecular formula is C12H22O. The highest BCUT2D eigenvalue weighted by Crippen LogP contribution is 2.57. The highest BCUT2D eigenvalue weighted by Gasteiger charge is 2.53. The molecule has 1 heteroatoms. The Hall–Kier alpha value is -0.330. The van der Waals surface area contributed by atoms with Crippen molar-refractivity contribution in [3.63, 3.8) is 0 Å². The van der Waals surface area contributed by atoms with E-state index in [-0.39, 0.29) is 10.8 Å². The van der Waals surface area contributed by atoms with Crippen LogP contribution >= 0.6 is 0 Å². The van der Waals surface area contributed by atoms with Crippen molar-refractivity contribution in [3.05, 3.63) is 0 Å². The van der Waals surface area contributed by atoms with Crippen LogP contribution in [0.4, 0.5) is 0 Å². The molecule has 1 rings (SSSR count). The third-order valence-corrected chi connectivity index (χ3v) is 4.71. The van der Waals surface area contributed by atoms with Crippen LogP contribution in [0.2, 0.25) is 0 Å². The number of hydrogen-bond acceptors (Lipinski definition) is 1. The van der Waals surface area contributed by atoms with Gasteiger partial charge >= 0.3 is 0 Å². The average molecular weight is 182 g/mol. The van der Waals surface area contributed by atoms with Crippen molar-refractivity contribution in [2.75, 3.05) is 0 Å². The van der Waals surface area contributed by atoms with Crippen LogP contribution in [0, 0.1) is 16.7 Å². The van der Waals surface area contributed by atoms with E-state index in [1.54, 1.807) is 6.92 Å². The molecular weight excluding hydrogens is 160 g/mol. The van der Waals surface area contributed by atoms with Crippen molar-refractivity contribution >= 4 is 5.78 Å². The molecule has 0 amide bonds. The first-order valence-electron chi connectivity index (χ1n) is 5.37. The van der Waals surface area contributed by atoms with E-state index in [2.05, 4.69) is 27.7 Å². The molecule has 0 spiro atoms. The summed E-state index contributed by atoms with van der Waals surface area (Å²) in [6.07, 6.45) is 3.50. The summed E-state index contributed by atoms with van der Waals surface area (Å²) in [6.45, 7) is 10.6. The number of Topliss-reactive ketones (excluding diaryl/α,β-unsaturated/α-hetero) is 1. The Morgan fingerprint density at radius 1 is 1.38 bits per heavy atom. The third-order valence-electron chi connectivity index (χ3n) is 4.71. The molecule has 0 bridgehead atoms. The Morgan fingerprint density at radius 3 is 2.15 bits per heavy atom. The molecule has 0 aromatic heterocycles. The number of rotatable bonds is 2. The summed E-state index contributed by atoms with van der Waals surface area (Å²) in [4.78, 5) is 11.6. The van der Waals surface area contributed by atoms with Gasteiger partial charge in [0.05, 0.1) is 0 Å². The molecule has 1 aliphatic carbocycles. The SMILES string of the molecule is CCC1CCC(C)(C(C)=O)C1(C)C. The molecule has 0 radical (unpaired) electrons. The molecule has 13 heavy (non-hydrogen) atoms. The molecule has 0 saturated heterocycles. The minimum absolute atomic E-state index is 0.0757. The lowest BCUT2D eigenvalue weighted by Gasteiger charge is -2.39. The Kier molecular flexibility index (Phi) is 2.57. The summed E-state index contributed by atoms with van der Waals surface area (Å²) in [6, 6.07) is 0. The molecule has 0 aromatic carbocycles. The maximum atomic E-state index is 11.6. The fourth-order valence-corrected chi connectivity index (χ4v) is 2.94. The van der Waals surface area contributed by atoms with E-state index in [9.17, 15) is 4.79 Å². The summed E-state index contributed by atoms with van der Waals surface area (Å²) in [5.41, 5.74) is 0.112. The number of hydrogen-bond donors (Lipinski definition) is 0. The number of ketones is 1. The average Bonchev–Trinajstić information content (AvgIpc) is 2.25. The summed E-state index contributed by atoms with van der Waals surface area (Å²) in [5, 5.41) is 0. The highest BCUT2D eigenvalue weighted by molar-refractivity contribution is 5.83. The van der Waals surface area contributed by atoms with Crippen LogP contribution in [0.3, 0.4) is 0 Å². The molecule has 0 N–H and O–H groups in total. The van der Waals surface area contributed by atoms with Crippen molar-refractivity contribution in [3.8, 4) is 0 Å². The van der Waals surface area contributed by atoms with E-state index in [0.29, 0.717) is 5.78 Å². The predicted molar refractivity (Wildman–Crippen MR) is 55.6 cm³/mol. The molecule has 2 unspecified atom stereocenters. The van der Waals surface area contributed by atoms with Gasteiger partial charge in [0.15, 0.2) is 0 Å². The van der Waals surface area contributed by atoms with Crippen LogP contribution < -0.4 is 0 Å². The summed E-state index contributed by atoms with van der Waals surface area (Å²) >= 11 is 0. The van der Waals surface area contributed by atoms with Crippen molar-refractivity contribution in [1.82, 2.24) is 0 Å². The van der Waals surface area contributed by atoms with Crippen LogP contribution in [0.1, 0.15) is 53.9 Å². The van der Waals surface area contributed by atoms with Gasteiger partial charge in [-0.05, 0) is 31.1 Å². The standard InChI is InChI=1S/C12H22O/c1-6-10-7-8-12(5,9(2)13)11(10,3)4/h10H,6-8H2,1-5H3. The first-order valence-corrected chi connectivity index (χ1v) is 5.37. The van der Waals surface area contributed by atoms with E-state index in [4.69, 9.17) is 0 Å². The molecule has 2 atom stereocenters. The van der Waals surface area contributed by atoms with E-state index >= 15 is 0 Å². The molecule has 0 aliphatic heterocycles. The number of carbonyl (C=O) groups excluding carboxylic acids is 1. The smallest absolute Gasteiger partial charge is 0.136 e. The zero-order valence-electron chi connectivity index (χ0n) is 9.61. The molecule has 1 saturated carbocycles. The predicted octanol–water partition coefficient (Wildman–Crippen LogP) is 3.43. The molecule has 1 aliphatic rings. The topological polar surface area (TPSA) is 17.1 Å². The second-order valence-electron chi connectivity index (χ2n) is 5.25. The Morgan fingerprint density at radius 2 is 1.92 bits per heavy atom.